The van der Waals surface area contributed by atoms with Crippen molar-refractivity contribution in [2.24, 2.45) is 0 Å². The van der Waals surface area contributed by atoms with Crippen LogP contribution in [0.3, 0.4) is 0 Å². The second-order valence-electron chi connectivity index (χ2n) is 4.58. The van der Waals surface area contributed by atoms with Crippen molar-refractivity contribution in [1.29, 1.82) is 0 Å². The molecule has 3 aromatic rings. The molecular formula is C15H13B2N. The van der Waals surface area contributed by atoms with Crippen LogP contribution in [0, 0.1) is 0 Å². The monoisotopic (exact) mass is 229 g/mol. The molecule has 0 fully saturated rings. The number of aromatic nitrogens is 1. The van der Waals surface area contributed by atoms with Crippen molar-refractivity contribution in [3.05, 3.63) is 54.6 Å². The van der Waals surface area contributed by atoms with Crippen LogP contribution in [0.25, 0.3) is 22.0 Å². The standard InChI is InChI=1S/C15H13B2N/c16-13-11-8-4-5-9-12(11)14(18-15(13)17)10-6-2-1-3-7-10/h1-9H,16-17H2. The topological polar surface area (TPSA) is 12.9 Å². The van der Waals surface area contributed by atoms with Gasteiger partial charge >= 0.3 is 0 Å². The van der Waals surface area contributed by atoms with Crippen LogP contribution in [0.2, 0.25) is 0 Å². The predicted molar refractivity (Wildman–Crippen MR) is 83.5 cm³/mol. The van der Waals surface area contributed by atoms with E-state index in [1.807, 2.05) is 6.07 Å². The van der Waals surface area contributed by atoms with Gasteiger partial charge in [0.2, 0.25) is 0 Å². The zero-order valence-corrected chi connectivity index (χ0v) is 10.6. The smallest absolute Gasteiger partial charge is 0.163 e. The van der Waals surface area contributed by atoms with E-state index in [1.54, 1.807) is 0 Å². The third-order valence-electron chi connectivity index (χ3n) is 3.46. The van der Waals surface area contributed by atoms with Gasteiger partial charge in [0.05, 0.1) is 5.69 Å². The highest BCUT2D eigenvalue weighted by molar-refractivity contribution is 6.52. The summed E-state index contributed by atoms with van der Waals surface area (Å²) in [5.74, 6) is 0. The second-order valence-corrected chi connectivity index (χ2v) is 4.58. The Balaban J connectivity index is 2.40. The lowest BCUT2D eigenvalue weighted by atomic mass is 9.81. The van der Waals surface area contributed by atoms with Gasteiger partial charge in [0.15, 0.2) is 7.85 Å². The van der Waals surface area contributed by atoms with Crippen molar-refractivity contribution in [2.45, 2.75) is 0 Å². The van der Waals surface area contributed by atoms with Gasteiger partial charge in [-0.1, -0.05) is 60.1 Å². The Hall–Kier alpha value is -2.02. The molecule has 2 aromatic carbocycles. The number of pyridine rings is 1. The van der Waals surface area contributed by atoms with Crippen molar-refractivity contribution in [1.82, 2.24) is 4.98 Å². The summed E-state index contributed by atoms with van der Waals surface area (Å²) in [6, 6.07) is 18.9. The largest absolute Gasteiger partial charge is 0.264 e. The molecule has 3 heteroatoms. The Morgan fingerprint density at radius 1 is 0.722 bits per heavy atom. The molecule has 1 heterocycles. The van der Waals surface area contributed by atoms with E-state index in [2.05, 4.69) is 64.2 Å². The van der Waals surface area contributed by atoms with E-state index in [9.17, 15) is 0 Å². The minimum Gasteiger partial charge on any atom is -0.264 e. The fourth-order valence-electron chi connectivity index (χ4n) is 2.34. The molecule has 0 saturated heterocycles. The molecule has 0 aliphatic carbocycles. The molecule has 1 aromatic heterocycles. The Labute approximate surface area is 109 Å². The summed E-state index contributed by atoms with van der Waals surface area (Å²) >= 11 is 0. The Kier molecular flexibility index (Phi) is 2.67. The summed E-state index contributed by atoms with van der Waals surface area (Å²) in [4.78, 5) is 4.77. The fourth-order valence-corrected chi connectivity index (χ4v) is 2.34. The number of benzene rings is 2. The summed E-state index contributed by atoms with van der Waals surface area (Å²) in [6.45, 7) is 0. The molecule has 0 saturated carbocycles. The quantitative estimate of drug-likeness (QED) is 0.551. The number of fused-ring (bicyclic) bond motifs is 1. The highest BCUT2D eigenvalue weighted by Gasteiger charge is 2.08. The number of rotatable bonds is 1. The average molecular weight is 229 g/mol. The number of hydrogen-bond donors (Lipinski definition) is 0. The van der Waals surface area contributed by atoms with Gasteiger partial charge < -0.3 is 0 Å². The molecule has 0 radical (unpaired) electrons. The third kappa shape index (κ3) is 1.72. The van der Waals surface area contributed by atoms with Gasteiger partial charge in [-0.3, -0.25) is 4.98 Å². The molecule has 0 bridgehead atoms. The lowest BCUT2D eigenvalue weighted by Crippen LogP contribution is -2.30. The first-order valence-electron chi connectivity index (χ1n) is 6.19. The van der Waals surface area contributed by atoms with E-state index in [0.717, 1.165) is 11.3 Å². The van der Waals surface area contributed by atoms with Crippen LogP contribution in [0.4, 0.5) is 0 Å². The molecule has 84 valence electrons. The van der Waals surface area contributed by atoms with Gasteiger partial charge in [-0.05, 0) is 11.0 Å². The van der Waals surface area contributed by atoms with E-state index in [0.29, 0.717) is 0 Å². The first-order chi connectivity index (χ1) is 8.77. The third-order valence-corrected chi connectivity index (χ3v) is 3.46. The Morgan fingerprint density at radius 3 is 2.06 bits per heavy atom. The molecule has 0 aliphatic rings. The molecule has 3 rings (SSSR count). The average Bonchev–Trinajstić information content (AvgIpc) is 2.44. The van der Waals surface area contributed by atoms with Gasteiger partial charge in [-0.25, -0.2) is 0 Å². The molecule has 0 aliphatic heterocycles. The van der Waals surface area contributed by atoms with Gasteiger partial charge in [-0.2, -0.15) is 0 Å². The van der Waals surface area contributed by atoms with Gasteiger partial charge in [0.1, 0.15) is 7.85 Å². The number of hydrogen-bond acceptors (Lipinski definition) is 1. The highest BCUT2D eigenvalue weighted by atomic mass is 14.7. The summed E-state index contributed by atoms with van der Waals surface area (Å²) in [7, 11) is 4.22. The highest BCUT2D eigenvalue weighted by Crippen LogP contribution is 2.24. The molecule has 0 N–H and O–H groups in total. The van der Waals surface area contributed by atoms with E-state index in [1.165, 1.54) is 21.8 Å². The maximum Gasteiger partial charge on any atom is 0.163 e. The Bertz CT molecular complexity index is 708. The molecule has 18 heavy (non-hydrogen) atoms. The lowest BCUT2D eigenvalue weighted by molar-refractivity contribution is 1.42. The minimum atomic E-state index is 1.08. The van der Waals surface area contributed by atoms with Crippen molar-refractivity contribution < 1.29 is 0 Å². The molecule has 0 spiro atoms. The van der Waals surface area contributed by atoms with Crippen molar-refractivity contribution >= 4 is 37.5 Å². The molecular weight excluding hydrogens is 216 g/mol. The van der Waals surface area contributed by atoms with Crippen molar-refractivity contribution in [2.75, 3.05) is 0 Å². The predicted octanol–water partition coefficient (Wildman–Crippen LogP) is 0.419. The zero-order chi connectivity index (χ0) is 12.5. The van der Waals surface area contributed by atoms with Gasteiger partial charge in [0, 0.05) is 10.9 Å². The van der Waals surface area contributed by atoms with E-state index in [4.69, 9.17) is 4.98 Å². The first-order valence-corrected chi connectivity index (χ1v) is 6.19. The van der Waals surface area contributed by atoms with E-state index < -0.39 is 0 Å². The van der Waals surface area contributed by atoms with Crippen molar-refractivity contribution in [3.8, 4) is 11.3 Å². The molecule has 1 nitrogen and oxygen atoms in total. The normalized spacial score (nSPS) is 10.7. The lowest BCUT2D eigenvalue weighted by Gasteiger charge is -2.11. The Morgan fingerprint density at radius 2 is 1.33 bits per heavy atom. The van der Waals surface area contributed by atoms with Crippen LogP contribution in [-0.4, -0.2) is 20.7 Å². The van der Waals surface area contributed by atoms with E-state index in [-0.39, 0.29) is 0 Å². The van der Waals surface area contributed by atoms with Crippen LogP contribution >= 0.6 is 0 Å². The summed E-state index contributed by atoms with van der Waals surface area (Å²) in [5, 5.41) is 2.52. The summed E-state index contributed by atoms with van der Waals surface area (Å²) in [5.41, 5.74) is 4.63. The van der Waals surface area contributed by atoms with E-state index >= 15 is 0 Å². The SMILES string of the molecule is Bc1nc(-c2ccccc2)c2ccccc2c1B. The summed E-state index contributed by atoms with van der Waals surface area (Å²) < 4.78 is 0. The van der Waals surface area contributed by atoms with Gasteiger partial charge in [0.25, 0.3) is 0 Å². The van der Waals surface area contributed by atoms with Crippen LogP contribution in [0.1, 0.15) is 0 Å². The maximum absolute atomic E-state index is 4.77. The van der Waals surface area contributed by atoms with Crippen LogP contribution in [-0.2, 0) is 0 Å². The second kappa shape index (κ2) is 4.34. The number of nitrogens with zero attached hydrogens (tertiary/aromatic N) is 1. The maximum atomic E-state index is 4.77. The van der Waals surface area contributed by atoms with Crippen LogP contribution < -0.4 is 11.1 Å². The molecule has 0 unspecified atom stereocenters. The summed E-state index contributed by atoms with van der Waals surface area (Å²) in [6.07, 6.45) is 0. The van der Waals surface area contributed by atoms with Gasteiger partial charge in [-0.15, -0.1) is 0 Å². The van der Waals surface area contributed by atoms with Crippen LogP contribution in [0.15, 0.2) is 54.6 Å². The molecule has 0 amide bonds. The first kappa shape index (κ1) is 11.1. The zero-order valence-electron chi connectivity index (χ0n) is 10.6. The molecule has 0 atom stereocenters. The minimum absolute atomic E-state index is 1.08. The van der Waals surface area contributed by atoms with Crippen LogP contribution in [0.5, 0.6) is 0 Å². The fraction of sp³-hybridized carbons (Fsp3) is 0. The van der Waals surface area contributed by atoms with Crippen molar-refractivity contribution in [3.63, 3.8) is 0 Å².